The van der Waals surface area contributed by atoms with Gasteiger partial charge in [-0.1, -0.05) is 30.3 Å². The number of Topliss-reactive ketones (excluding diaryl/α,β-unsaturated/α-hetero) is 1. The number of nitrogens with zero attached hydrogens (tertiary/aromatic N) is 2. The van der Waals surface area contributed by atoms with Gasteiger partial charge in [0.05, 0.1) is 18.2 Å². The fourth-order valence-electron chi connectivity index (χ4n) is 4.70. The standard InChI is InChI=1S/C24H23N3O2/c28-22(11-9-19-13-25-15-26-19)27-12-2-4-18(14-27)24(29)21-10-8-17-7-6-16-3-1-5-20(21)23(16)17/h1,3,5,8-11,13,15,18H,2,4,6-7,12,14H2,(H,25,26)/b11-9+. The molecule has 5 rings (SSSR count). The van der Waals surface area contributed by atoms with Crippen LogP contribution >= 0.6 is 0 Å². The number of aromatic amines is 1. The summed E-state index contributed by atoms with van der Waals surface area (Å²) in [6.07, 6.45) is 10.3. The van der Waals surface area contributed by atoms with Crippen molar-refractivity contribution in [2.24, 2.45) is 5.92 Å². The van der Waals surface area contributed by atoms with Crippen LogP contribution in [0.25, 0.3) is 16.8 Å². The van der Waals surface area contributed by atoms with Crippen LogP contribution in [-0.2, 0) is 17.6 Å². The number of benzene rings is 2. The average molecular weight is 385 g/mol. The molecule has 1 unspecified atom stereocenters. The molecule has 146 valence electrons. The van der Waals surface area contributed by atoms with E-state index in [0.717, 1.165) is 42.3 Å². The number of rotatable bonds is 4. The number of aromatic nitrogens is 2. The van der Waals surface area contributed by atoms with Crippen LogP contribution in [0.15, 0.2) is 48.9 Å². The number of nitrogens with one attached hydrogen (secondary N) is 1. The molecule has 1 aliphatic heterocycles. The lowest BCUT2D eigenvalue weighted by Gasteiger charge is -2.31. The third-order valence-corrected chi connectivity index (χ3v) is 6.17. The summed E-state index contributed by atoms with van der Waals surface area (Å²) in [5.41, 5.74) is 4.28. The number of ketones is 1. The molecule has 1 amide bonds. The van der Waals surface area contributed by atoms with Crippen molar-refractivity contribution in [3.8, 4) is 0 Å². The highest BCUT2D eigenvalue weighted by Gasteiger charge is 2.30. The topological polar surface area (TPSA) is 66.1 Å². The van der Waals surface area contributed by atoms with E-state index >= 15 is 0 Å². The summed E-state index contributed by atoms with van der Waals surface area (Å²) in [5, 5.41) is 2.34. The van der Waals surface area contributed by atoms with Gasteiger partial charge in [0.1, 0.15) is 0 Å². The molecule has 1 aliphatic carbocycles. The van der Waals surface area contributed by atoms with Crippen LogP contribution < -0.4 is 0 Å². The molecule has 1 N–H and O–H groups in total. The maximum absolute atomic E-state index is 13.4. The second-order valence-electron chi connectivity index (χ2n) is 7.94. The monoisotopic (exact) mass is 385 g/mol. The Labute approximate surface area is 169 Å². The number of carbonyl (C=O) groups excluding carboxylic acids is 2. The highest BCUT2D eigenvalue weighted by atomic mass is 16.2. The second-order valence-corrected chi connectivity index (χ2v) is 7.94. The summed E-state index contributed by atoms with van der Waals surface area (Å²) in [6.45, 7) is 1.17. The Morgan fingerprint density at radius 1 is 1.14 bits per heavy atom. The van der Waals surface area contributed by atoms with Gasteiger partial charge in [0, 0.05) is 30.6 Å². The maximum Gasteiger partial charge on any atom is 0.246 e. The first-order chi connectivity index (χ1) is 14.2. The van der Waals surface area contributed by atoms with E-state index in [1.54, 1.807) is 29.6 Å². The van der Waals surface area contributed by atoms with Crippen molar-refractivity contribution in [2.45, 2.75) is 25.7 Å². The van der Waals surface area contributed by atoms with Gasteiger partial charge in [-0.3, -0.25) is 9.59 Å². The van der Waals surface area contributed by atoms with E-state index in [4.69, 9.17) is 0 Å². The normalized spacial score (nSPS) is 18.6. The SMILES string of the molecule is O=C(c1ccc2c3c(cccc13)CC2)C1CCCN(C(=O)/C=C/c2cnc[nH]2)C1. The van der Waals surface area contributed by atoms with Gasteiger partial charge in [-0.25, -0.2) is 4.98 Å². The molecule has 5 nitrogen and oxygen atoms in total. The van der Waals surface area contributed by atoms with Crippen molar-refractivity contribution in [1.29, 1.82) is 0 Å². The van der Waals surface area contributed by atoms with Crippen molar-refractivity contribution in [3.05, 3.63) is 71.3 Å². The maximum atomic E-state index is 13.4. The summed E-state index contributed by atoms with van der Waals surface area (Å²) >= 11 is 0. The molecule has 1 atom stereocenters. The predicted molar refractivity (Wildman–Crippen MR) is 113 cm³/mol. The molecule has 0 saturated carbocycles. The molecule has 0 radical (unpaired) electrons. The lowest BCUT2D eigenvalue weighted by Crippen LogP contribution is -2.41. The first-order valence-corrected chi connectivity index (χ1v) is 10.2. The van der Waals surface area contributed by atoms with Crippen molar-refractivity contribution in [1.82, 2.24) is 14.9 Å². The molecule has 3 aromatic rings. The van der Waals surface area contributed by atoms with Crippen LogP contribution in [0.5, 0.6) is 0 Å². The molecule has 1 aromatic heterocycles. The number of aryl methyl sites for hydroxylation is 2. The Balaban J connectivity index is 1.37. The number of imidazole rings is 1. The van der Waals surface area contributed by atoms with Gasteiger partial charge in [0.2, 0.25) is 5.91 Å². The zero-order valence-electron chi connectivity index (χ0n) is 16.2. The van der Waals surface area contributed by atoms with E-state index in [2.05, 4.69) is 34.2 Å². The van der Waals surface area contributed by atoms with Crippen molar-refractivity contribution < 1.29 is 9.59 Å². The zero-order valence-corrected chi connectivity index (χ0v) is 16.2. The van der Waals surface area contributed by atoms with Gasteiger partial charge in [0.25, 0.3) is 0 Å². The van der Waals surface area contributed by atoms with E-state index in [-0.39, 0.29) is 17.6 Å². The molecule has 0 spiro atoms. The third-order valence-electron chi connectivity index (χ3n) is 6.17. The molecule has 1 saturated heterocycles. The third kappa shape index (κ3) is 3.27. The Bertz CT molecular complexity index is 1100. The highest BCUT2D eigenvalue weighted by Crippen LogP contribution is 2.34. The van der Waals surface area contributed by atoms with E-state index in [1.807, 2.05) is 6.07 Å². The molecular weight excluding hydrogens is 362 g/mol. The van der Waals surface area contributed by atoms with Gasteiger partial charge >= 0.3 is 0 Å². The average Bonchev–Trinajstić information content (AvgIpc) is 3.43. The van der Waals surface area contributed by atoms with Gasteiger partial charge in [-0.15, -0.1) is 0 Å². The first-order valence-electron chi connectivity index (χ1n) is 10.2. The highest BCUT2D eigenvalue weighted by molar-refractivity contribution is 6.11. The summed E-state index contributed by atoms with van der Waals surface area (Å²) in [7, 11) is 0. The van der Waals surface area contributed by atoms with E-state index in [0.29, 0.717) is 13.1 Å². The van der Waals surface area contributed by atoms with Crippen LogP contribution in [-0.4, -0.2) is 39.6 Å². The molecule has 0 bridgehead atoms. The minimum absolute atomic E-state index is 0.0579. The van der Waals surface area contributed by atoms with Crippen LogP contribution in [0.3, 0.4) is 0 Å². The van der Waals surface area contributed by atoms with Gasteiger partial charge in [-0.05, 0) is 53.7 Å². The van der Waals surface area contributed by atoms with Crippen molar-refractivity contribution >= 4 is 28.5 Å². The summed E-state index contributed by atoms with van der Waals surface area (Å²) in [4.78, 5) is 34.7. The molecule has 2 aromatic carbocycles. The van der Waals surface area contributed by atoms with Crippen LogP contribution in [0.2, 0.25) is 0 Å². The minimum atomic E-state index is -0.147. The Kier molecular flexibility index (Phi) is 4.51. The molecule has 2 aliphatic rings. The number of H-pyrrole nitrogens is 1. The number of piperidine rings is 1. The van der Waals surface area contributed by atoms with Crippen LogP contribution in [0.1, 0.15) is 40.0 Å². The smallest absolute Gasteiger partial charge is 0.246 e. The number of amides is 1. The van der Waals surface area contributed by atoms with Crippen molar-refractivity contribution in [3.63, 3.8) is 0 Å². The summed E-state index contributed by atoms with van der Waals surface area (Å²) < 4.78 is 0. The second kappa shape index (κ2) is 7.32. The fraction of sp³-hybridized carbons (Fsp3) is 0.292. The predicted octanol–water partition coefficient (Wildman–Crippen LogP) is 3.80. The molecule has 1 fully saturated rings. The Morgan fingerprint density at radius 2 is 2.00 bits per heavy atom. The molecular formula is C24H23N3O2. The Hall–Kier alpha value is -3.21. The molecule has 5 heteroatoms. The minimum Gasteiger partial charge on any atom is -0.345 e. The molecule has 29 heavy (non-hydrogen) atoms. The summed E-state index contributed by atoms with van der Waals surface area (Å²) in [6, 6.07) is 10.4. The van der Waals surface area contributed by atoms with Crippen LogP contribution in [0, 0.1) is 5.92 Å². The number of carbonyl (C=O) groups is 2. The van der Waals surface area contributed by atoms with Crippen molar-refractivity contribution in [2.75, 3.05) is 13.1 Å². The van der Waals surface area contributed by atoms with Gasteiger partial charge in [0.15, 0.2) is 5.78 Å². The largest absolute Gasteiger partial charge is 0.345 e. The zero-order chi connectivity index (χ0) is 19.8. The number of hydrogen-bond donors (Lipinski definition) is 1. The van der Waals surface area contributed by atoms with E-state index < -0.39 is 0 Å². The van der Waals surface area contributed by atoms with Gasteiger partial charge < -0.3 is 9.88 Å². The number of likely N-dealkylation sites (tertiary alicyclic amines) is 1. The number of hydrogen-bond acceptors (Lipinski definition) is 3. The van der Waals surface area contributed by atoms with Crippen LogP contribution in [0.4, 0.5) is 0 Å². The molecule has 2 heterocycles. The van der Waals surface area contributed by atoms with E-state index in [9.17, 15) is 9.59 Å². The quantitative estimate of drug-likeness (QED) is 0.549. The first kappa shape index (κ1) is 17.9. The Morgan fingerprint density at radius 3 is 2.83 bits per heavy atom. The lowest BCUT2D eigenvalue weighted by atomic mass is 9.87. The van der Waals surface area contributed by atoms with E-state index in [1.165, 1.54) is 16.5 Å². The summed E-state index contributed by atoms with van der Waals surface area (Å²) in [5.74, 6) is -0.0418. The lowest BCUT2D eigenvalue weighted by molar-refractivity contribution is -0.127. The fourth-order valence-corrected chi connectivity index (χ4v) is 4.70. The van der Waals surface area contributed by atoms with Gasteiger partial charge in [-0.2, -0.15) is 0 Å².